The molecule has 0 unspecified atom stereocenters. The Morgan fingerprint density at radius 1 is 1.25 bits per heavy atom. The van der Waals surface area contributed by atoms with E-state index >= 15 is 0 Å². The molecule has 28 heavy (non-hydrogen) atoms. The lowest BCUT2D eigenvalue weighted by Crippen LogP contribution is -2.32. The number of carbonyl (C=O) groups excluding carboxylic acids is 1. The summed E-state index contributed by atoms with van der Waals surface area (Å²) >= 11 is 9.41. The van der Waals surface area contributed by atoms with Crippen molar-refractivity contribution in [2.75, 3.05) is 11.4 Å². The van der Waals surface area contributed by atoms with Crippen molar-refractivity contribution >= 4 is 45.3 Å². The normalized spacial score (nSPS) is 13.2. The summed E-state index contributed by atoms with van der Waals surface area (Å²) in [6.07, 6.45) is 6.43. The molecule has 0 aliphatic heterocycles. The zero-order chi connectivity index (χ0) is 19.5. The molecule has 1 aliphatic rings. The molecule has 4 nitrogen and oxygen atoms in total. The molecule has 0 bridgehead atoms. The second-order valence-corrected chi connectivity index (χ2v) is 8.99. The van der Waals surface area contributed by atoms with Crippen molar-refractivity contribution in [1.29, 1.82) is 0 Å². The summed E-state index contributed by atoms with van der Waals surface area (Å²) in [5.41, 5.74) is 2.80. The van der Waals surface area contributed by atoms with Crippen LogP contribution in [-0.4, -0.2) is 22.4 Å². The Labute approximate surface area is 177 Å². The third kappa shape index (κ3) is 4.04. The van der Waals surface area contributed by atoms with Crippen LogP contribution in [0.15, 0.2) is 42.3 Å². The number of hydrogen-bond donors (Lipinski definition) is 0. The third-order valence-corrected chi connectivity index (χ3v) is 7.10. The molecule has 4 rings (SSSR count). The summed E-state index contributed by atoms with van der Waals surface area (Å²) in [4.78, 5) is 25.4. The zero-order valence-corrected chi connectivity index (χ0v) is 17.7. The summed E-state index contributed by atoms with van der Waals surface area (Å²) in [5.74, 6) is -0.0120. The summed E-state index contributed by atoms with van der Waals surface area (Å²) in [6, 6.07) is 7.62. The number of carbonyl (C=O) groups is 1. The molecular weight excluding hydrogens is 410 g/mol. The van der Waals surface area contributed by atoms with Crippen LogP contribution in [0.1, 0.15) is 29.1 Å². The van der Waals surface area contributed by atoms with Crippen LogP contribution in [0.5, 0.6) is 0 Å². The van der Waals surface area contributed by atoms with Gasteiger partial charge in [0.25, 0.3) is 0 Å². The van der Waals surface area contributed by atoms with E-state index in [4.69, 9.17) is 16.6 Å². The number of hydrogen-bond acceptors (Lipinski definition) is 5. The number of amides is 1. The predicted molar refractivity (Wildman–Crippen MR) is 118 cm³/mol. The Morgan fingerprint density at radius 2 is 2.07 bits per heavy atom. The fourth-order valence-corrected chi connectivity index (χ4v) is 5.58. The average molecular weight is 430 g/mol. The number of anilines is 1. The summed E-state index contributed by atoms with van der Waals surface area (Å²) in [5, 5.41) is 4.19. The molecule has 1 amide bonds. The van der Waals surface area contributed by atoms with Crippen molar-refractivity contribution < 1.29 is 4.79 Å². The Balaban J connectivity index is 1.53. The number of aryl methyl sites for hydroxylation is 2. The molecule has 0 fully saturated rings. The van der Waals surface area contributed by atoms with E-state index in [1.54, 1.807) is 22.3 Å². The Bertz CT molecular complexity index is 987. The molecular formula is C21H20ClN3OS2. The Morgan fingerprint density at radius 3 is 2.86 bits per heavy atom. The number of fused-ring (bicyclic) bond motifs is 1. The highest BCUT2D eigenvalue weighted by atomic mass is 35.5. The smallest absolute Gasteiger partial charge is 0.235 e. The summed E-state index contributed by atoms with van der Waals surface area (Å²) in [7, 11) is 0. The lowest BCUT2D eigenvalue weighted by Gasteiger charge is -2.17. The van der Waals surface area contributed by atoms with E-state index in [1.165, 1.54) is 29.1 Å². The van der Waals surface area contributed by atoms with Crippen molar-refractivity contribution in [1.82, 2.24) is 9.97 Å². The Kier molecular flexibility index (Phi) is 5.90. The van der Waals surface area contributed by atoms with Gasteiger partial charge in [-0.3, -0.25) is 9.69 Å². The standard InChI is InChI=1S/C21H20ClN3OS2/c1-2-11-25(21-24-17-9-5-6-10-18(17)28-21)19(26)12-14-13-27-20(23-14)15-7-3-4-8-16(15)22/h2-4,7-8,13H,1,5-6,9-12H2. The first-order valence-electron chi connectivity index (χ1n) is 9.25. The molecule has 0 atom stereocenters. The van der Waals surface area contributed by atoms with Crippen molar-refractivity contribution in [3.63, 3.8) is 0 Å². The van der Waals surface area contributed by atoms with Gasteiger partial charge in [0.2, 0.25) is 5.91 Å². The summed E-state index contributed by atoms with van der Waals surface area (Å²) < 4.78 is 0. The van der Waals surface area contributed by atoms with Crippen LogP contribution in [0.25, 0.3) is 10.6 Å². The van der Waals surface area contributed by atoms with E-state index in [2.05, 4.69) is 11.6 Å². The average Bonchev–Trinajstić information content (AvgIpc) is 3.33. The molecule has 0 N–H and O–H groups in total. The minimum atomic E-state index is -0.0120. The molecule has 0 saturated heterocycles. The highest BCUT2D eigenvalue weighted by Gasteiger charge is 2.23. The van der Waals surface area contributed by atoms with Gasteiger partial charge in [0.05, 0.1) is 22.8 Å². The molecule has 3 aromatic rings. The van der Waals surface area contributed by atoms with E-state index in [0.29, 0.717) is 11.6 Å². The van der Waals surface area contributed by atoms with E-state index in [9.17, 15) is 4.79 Å². The Hall–Kier alpha value is -2.02. The predicted octanol–water partition coefficient (Wildman–Crippen LogP) is 5.56. The van der Waals surface area contributed by atoms with Gasteiger partial charge in [0.1, 0.15) is 5.01 Å². The van der Waals surface area contributed by atoms with Crippen molar-refractivity contribution in [3.8, 4) is 10.6 Å². The quantitative estimate of drug-likeness (QED) is 0.482. The van der Waals surface area contributed by atoms with Crippen LogP contribution < -0.4 is 4.90 Å². The second kappa shape index (κ2) is 8.55. The van der Waals surface area contributed by atoms with E-state index in [0.717, 1.165) is 39.9 Å². The van der Waals surface area contributed by atoms with Crippen LogP contribution in [-0.2, 0) is 24.1 Å². The number of aromatic nitrogens is 2. The molecule has 1 aromatic carbocycles. The van der Waals surface area contributed by atoms with E-state index < -0.39 is 0 Å². The van der Waals surface area contributed by atoms with Crippen LogP contribution in [0.4, 0.5) is 5.13 Å². The molecule has 2 heterocycles. The SMILES string of the molecule is C=CCN(C(=O)Cc1csc(-c2ccccc2Cl)n1)c1nc2c(s1)CCCC2. The van der Waals surface area contributed by atoms with Gasteiger partial charge >= 0.3 is 0 Å². The number of rotatable bonds is 6. The lowest BCUT2D eigenvalue weighted by atomic mass is 10.0. The maximum Gasteiger partial charge on any atom is 0.235 e. The molecule has 0 radical (unpaired) electrons. The van der Waals surface area contributed by atoms with Crippen LogP contribution in [0, 0.1) is 0 Å². The van der Waals surface area contributed by atoms with Gasteiger partial charge in [-0.2, -0.15) is 0 Å². The highest BCUT2D eigenvalue weighted by molar-refractivity contribution is 7.16. The van der Waals surface area contributed by atoms with Gasteiger partial charge in [-0.05, 0) is 31.7 Å². The van der Waals surface area contributed by atoms with E-state index in [-0.39, 0.29) is 12.3 Å². The van der Waals surface area contributed by atoms with Gasteiger partial charge < -0.3 is 0 Å². The van der Waals surface area contributed by atoms with Crippen molar-refractivity contribution in [3.05, 3.63) is 63.6 Å². The van der Waals surface area contributed by atoms with Gasteiger partial charge in [0, 0.05) is 22.4 Å². The monoisotopic (exact) mass is 429 g/mol. The number of thiazole rings is 2. The number of nitrogens with zero attached hydrogens (tertiary/aromatic N) is 3. The highest BCUT2D eigenvalue weighted by Crippen LogP contribution is 2.33. The fourth-order valence-electron chi connectivity index (χ4n) is 3.27. The van der Waals surface area contributed by atoms with Crippen LogP contribution in [0.3, 0.4) is 0 Å². The maximum absolute atomic E-state index is 13.0. The minimum absolute atomic E-state index is 0.0120. The first kappa shape index (κ1) is 19.3. The van der Waals surface area contributed by atoms with Gasteiger partial charge in [0.15, 0.2) is 5.13 Å². The fraction of sp³-hybridized carbons (Fsp3) is 0.286. The van der Waals surface area contributed by atoms with Crippen LogP contribution in [0.2, 0.25) is 5.02 Å². The van der Waals surface area contributed by atoms with Gasteiger partial charge in [-0.25, -0.2) is 9.97 Å². The number of halogens is 1. The van der Waals surface area contributed by atoms with Crippen LogP contribution >= 0.6 is 34.3 Å². The molecule has 0 spiro atoms. The van der Waals surface area contributed by atoms with Gasteiger partial charge in [-0.1, -0.05) is 35.9 Å². The summed E-state index contributed by atoms with van der Waals surface area (Å²) in [6.45, 7) is 4.26. The lowest BCUT2D eigenvalue weighted by molar-refractivity contribution is -0.117. The number of benzene rings is 1. The topological polar surface area (TPSA) is 46.1 Å². The van der Waals surface area contributed by atoms with E-state index in [1.807, 2.05) is 29.6 Å². The first-order chi connectivity index (χ1) is 13.7. The molecule has 1 aliphatic carbocycles. The minimum Gasteiger partial charge on any atom is -0.284 e. The molecule has 0 saturated carbocycles. The third-order valence-electron chi connectivity index (χ3n) is 4.67. The molecule has 7 heteroatoms. The maximum atomic E-state index is 13.0. The molecule has 2 aromatic heterocycles. The van der Waals surface area contributed by atoms with Crippen molar-refractivity contribution in [2.24, 2.45) is 0 Å². The van der Waals surface area contributed by atoms with Crippen molar-refractivity contribution in [2.45, 2.75) is 32.1 Å². The largest absolute Gasteiger partial charge is 0.284 e. The molecule has 144 valence electrons. The van der Waals surface area contributed by atoms with Gasteiger partial charge in [-0.15, -0.1) is 29.3 Å². The first-order valence-corrected chi connectivity index (χ1v) is 11.3. The zero-order valence-electron chi connectivity index (χ0n) is 15.4. The second-order valence-electron chi connectivity index (χ2n) is 6.67.